The topological polar surface area (TPSA) is 78.5 Å². The first-order valence-electron chi connectivity index (χ1n) is 8.90. The zero-order valence-corrected chi connectivity index (χ0v) is 16.8. The molecule has 1 amide bonds. The van der Waals surface area contributed by atoms with E-state index < -0.39 is 17.9 Å². The minimum atomic E-state index is -1.25. The van der Waals surface area contributed by atoms with Crippen molar-refractivity contribution in [3.8, 4) is 5.75 Å². The van der Waals surface area contributed by atoms with Crippen molar-refractivity contribution in [1.82, 2.24) is 5.32 Å². The lowest BCUT2D eigenvalue weighted by atomic mass is 10.0. The van der Waals surface area contributed by atoms with Crippen molar-refractivity contribution in [2.45, 2.75) is 25.8 Å². The van der Waals surface area contributed by atoms with Gasteiger partial charge in [0.05, 0.1) is 17.7 Å². The standard InChI is InChI=1S/C21H20ClNO4S/c1-2-11-27-14-9-7-13(8-10-14)16(12-18(24)25)23-21(26)20-19(22)15-5-3-4-6-17(15)28-20/h3-10,16H,2,11-12H2,1H3,(H,23,26)(H,24,25)/p-1/t16-/m1/s1. The summed E-state index contributed by atoms with van der Waals surface area (Å²) >= 11 is 7.63. The van der Waals surface area contributed by atoms with E-state index in [0.29, 0.717) is 27.8 Å². The number of ether oxygens (including phenoxy) is 1. The normalized spacial score (nSPS) is 11.9. The van der Waals surface area contributed by atoms with Crippen LogP contribution < -0.4 is 15.2 Å². The lowest BCUT2D eigenvalue weighted by molar-refractivity contribution is -0.306. The summed E-state index contributed by atoms with van der Waals surface area (Å²) < 4.78 is 6.43. The SMILES string of the molecule is CCCOc1ccc([C@@H](CC(=O)[O-])NC(=O)c2sc3ccccc3c2Cl)cc1. The van der Waals surface area contributed by atoms with Gasteiger partial charge < -0.3 is 20.0 Å². The second-order valence-electron chi connectivity index (χ2n) is 6.26. The highest BCUT2D eigenvalue weighted by Gasteiger charge is 2.21. The molecule has 1 atom stereocenters. The Morgan fingerprint density at radius 2 is 1.89 bits per heavy atom. The van der Waals surface area contributed by atoms with E-state index in [1.165, 1.54) is 11.3 Å². The molecule has 0 aliphatic rings. The van der Waals surface area contributed by atoms with Gasteiger partial charge in [0.1, 0.15) is 10.6 Å². The number of rotatable bonds is 8. The Hall–Kier alpha value is -2.57. The van der Waals surface area contributed by atoms with Crippen LogP contribution in [0.25, 0.3) is 10.1 Å². The maximum atomic E-state index is 12.8. The van der Waals surface area contributed by atoms with Crippen molar-refractivity contribution in [2.75, 3.05) is 6.61 Å². The van der Waals surface area contributed by atoms with Crippen LogP contribution in [-0.2, 0) is 4.79 Å². The minimum Gasteiger partial charge on any atom is -0.550 e. The number of amides is 1. The molecule has 0 bridgehead atoms. The highest BCUT2D eigenvalue weighted by molar-refractivity contribution is 7.21. The van der Waals surface area contributed by atoms with E-state index in [1.54, 1.807) is 24.3 Å². The summed E-state index contributed by atoms with van der Waals surface area (Å²) in [5.41, 5.74) is 0.652. The van der Waals surface area contributed by atoms with Crippen LogP contribution in [0.5, 0.6) is 5.75 Å². The maximum absolute atomic E-state index is 12.8. The number of aliphatic carboxylic acids is 1. The van der Waals surface area contributed by atoms with Crippen LogP contribution in [0.1, 0.15) is 41.0 Å². The Bertz CT molecular complexity index is 984. The zero-order chi connectivity index (χ0) is 20.1. The van der Waals surface area contributed by atoms with Crippen molar-refractivity contribution in [1.29, 1.82) is 0 Å². The highest BCUT2D eigenvalue weighted by atomic mass is 35.5. The molecule has 0 aliphatic carbocycles. The second kappa shape index (κ2) is 9.08. The Balaban J connectivity index is 1.82. The van der Waals surface area contributed by atoms with Crippen LogP contribution in [0.3, 0.4) is 0 Å². The summed E-state index contributed by atoms with van der Waals surface area (Å²) in [4.78, 5) is 24.3. The van der Waals surface area contributed by atoms with Gasteiger partial charge in [-0.2, -0.15) is 0 Å². The van der Waals surface area contributed by atoms with Crippen LogP contribution in [0.2, 0.25) is 5.02 Å². The molecule has 3 rings (SSSR count). The molecule has 1 aromatic heterocycles. The number of fused-ring (bicyclic) bond motifs is 1. The van der Waals surface area contributed by atoms with E-state index in [0.717, 1.165) is 16.5 Å². The van der Waals surface area contributed by atoms with Gasteiger partial charge in [0.15, 0.2) is 0 Å². The first-order valence-corrected chi connectivity index (χ1v) is 10.1. The average molecular weight is 417 g/mol. The molecule has 0 spiro atoms. The van der Waals surface area contributed by atoms with Crippen LogP contribution in [-0.4, -0.2) is 18.5 Å². The molecule has 2 aromatic carbocycles. The van der Waals surface area contributed by atoms with Gasteiger partial charge in [-0.3, -0.25) is 4.79 Å². The van der Waals surface area contributed by atoms with Gasteiger partial charge in [-0.25, -0.2) is 0 Å². The van der Waals surface area contributed by atoms with Gasteiger partial charge in [0.2, 0.25) is 0 Å². The van der Waals surface area contributed by atoms with E-state index in [1.807, 2.05) is 31.2 Å². The summed E-state index contributed by atoms with van der Waals surface area (Å²) in [7, 11) is 0. The van der Waals surface area contributed by atoms with Crippen molar-refractivity contribution < 1.29 is 19.4 Å². The molecule has 1 N–H and O–H groups in total. The molecule has 1 heterocycles. The first-order chi connectivity index (χ1) is 13.5. The van der Waals surface area contributed by atoms with Crippen molar-refractivity contribution >= 4 is 44.9 Å². The van der Waals surface area contributed by atoms with Crippen molar-refractivity contribution in [3.63, 3.8) is 0 Å². The van der Waals surface area contributed by atoms with Gasteiger partial charge in [-0.15, -0.1) is 11.3 Å². The zero-order valence-electron chi connectivity index (χ0n) is 15.2. The fourth-order valence-electron chi connectivity index (χ4n) is 2.82. The third kappa shape index (κ3) is 4.64. The quantitative estimate of drug-likeness (QED) is 0.603. The molecule has 7 heteroatoms. The lowest BCUT2D eigenvalue weighted by Crippen LogP contribution is -2.34. The molecule has 0 aliphatic heterocycles. The summed E-state index contributed by atoms with van der Waals surface area (Å²) in [6.45, 7) is 2.61. The largest absolute Gasteiger partial charge is 0.550 e. The molecule has 0 fully saturated rings. The van der Waals surface area contributed by atoms with E-state index in [9.17, 15) is 14.7 Å². The fraction of sp³-hybridized carbons (Fsp3) is 0.238. The molecule has 0 saturated carbocycles. The lowest BCUT2D eigenvalue weighted by Gasteiger charge is -2.20. The van der Waals surface area contributed by atoms with Gasteiger partial charge in [0.25, 0.3) is 5.91 Å². The van der Waals surface area contributed by atoms with Gasteiger partial charge in [-0.1, -0.05) is 48.9 Å². The molecule has 0 unspecified atom stereocenters. The molecular weight excluding hydrogens is 398 g/mol. The molecule has 5 nitrogen and oxygen atoms in total. The summed E-state index contributed by atoms with van der Waals surface area (Å²) in [5, 5.41) is 15.1. The number of carbonyl (C=O) groups excluding carboxylic acids is 2. The fourth-order valence-corrected chi connectivity index (χ4v) is 4.24. The molecule has 0 radical (unpaired) electrons. The van der Waals surface area contributed by atoms with E-state index in [4.69, 9.17) is 16.3 Å². The average Bonchev–Trinajstić information content (AvgIpc) is 3.03. The number of nitrogens with one attached hydrogen (secondary N) is 1. The number of carbonyl (C=O) groups is 2. The van der Waals surface area contributed by atoms with Crippen molar-refractivity contribution in [2.24, 2.45) is 0 Å². The predicted octanol–water partition coefficient (Wildman–Crippen LogP) is 3.95. The number of hydrogen-bond donors (Lipinski definition) is 1. The second-order valence-corrected chi connectivity index (χ2v) is 7.69. The van der Waals surface area contributed by atoms with Crippen LogP contribution in [0, 0.1) is 0 Å². The molecule has 0 saturated heterocycles. The monoisotopic (exact) mass is 416 g/mol. The van der Waals surface area contributed by atoms with E-state index in [2.05, 4.69) is 5.32 Å². The van der Waals surface area contributed by atoms with E-state index >= 15 is 0 Å². The number of thiophene rings is 1. The molecule has 146 valence electrons. The van der Waals surface area contributed by atoms with E-state index in [-0.39, 0.29) is 6.42 Å². The smallest absolute Gasteiger partial charge is 0.263 e. The number of hydrogen-bond acceptors (Lipinski definition) is 5. The summed E-state index contributed by atoms with van der Waals surface area (Å²) in [6, 6.07) is 13.7. The third-order valence-corrected chi connectivity index (χ3v) is 5.85. The molecule has 3 aromatic rings. The third-order valence-electron chi connectivity index (χ3n) is 4.17. The first kappa shape index (κ1) is 20.2. The Kier molecular flexibility index (Phi) is 6.54. The van der Waals surface area contributed by atoms with Crippen LogP contribution in [0.4, 0.5) is 0 Å². The number of halogens is 1. The predicted molar refractivity (Wildman–Crippen MR) is 109 cm³/mol. The van der Waals surface area contributed by atoms with Gasteiger partial charge in [-0.05, 0) is 30.2 Å². The number of benzene rings is 2. The molecular formula is C21H19ClNO4S-. The summed E-state index contributed by atoms with van der Waals surface area (Å²) in [5.74, 6) is -0.973. The Labute approximate surface area is 171 Å². The molecule has 28 heavy (non-hydrogen) atoms. The number of carboxylic acid groups (broad SMARTS) is 1. The Morgan fingerprint density at radius 1 is 1.18 bits per heavy atom. The maximum Gasteiger partial charge on any atom is 0.263 e. The van der Waals surface area contributed by atoms with Crippen LogP contribution in [0.15, 0.2) is 48.5 Å². The van der Waals surface area contributed by atoms with Crippen molar-refractivity contribution in [3.05, 3.63) is 64.0 Å². The van der Waals surface area contributed by atoms with Gasteiger partial charge >= 0.3 is 0 Å². The summed E-state index contributed by atoms with van der Waals surface area (Å²) in [6.07, 6.45) is 0.546. The Morgan fingerprint density at radius 3 is 2.54 bits per heavy atom. The highest BCUT2D eigenvalue weighted by Crippen LogP contribution is 2.35. The minimum absolute atomic E-state index is 0.344. The number of carboxylic acids is 1. The van der Waals surface area contributed by atoms with Crippen LogP contribution >= 0.6 is 22.9 Å². The van der Waals surface area contributed by atoms with Gasteiger partial charge in [0, 0.05) is 22.5 Å².